The van der Waals surface area contributed by atoms with Crippen molar-refractivity contribution in [2.75, 3.05) is 0 Å². The molecule has 0 fully saturated rings. The number of benzene rings is 2. The minimum atomic E-state index is 0. The van der Waals surface area contributed by atoms with Crippen molar-refractivity contribution in [3.63, 3.8) is 0 Å². The first-order valence-electron chi connectivity index (χ1n) is 4.77. The van der Waals surface area contributed by atoms with E-state index < -0.39 is 0 Å². The summed E-state index contributed by atoms with van der Waals surface area (Å²) in [6, 6.07) is 15.1. The molecule has 0 bridgehead atoms. The number of phenols is 1. The van der Waals surface area contributed by atoms with Gasteiger partial charge in [0.2, 0.25) is 0 Å². The number of hydrogen-bond donors (Lipinski definition) is 1. The molecule has 1 nitrogen and oxygen atoms in total. The number of hydrogen-bond acceptors (Lipinski definition) is 1. The van der Waals surface area contributed by atoms with Crippen molar-refractivity contribution in [1.82, 2.24) is 0 Å². The van der Waals surface area contributed by atoms with Gasteiger partial charge in [0.05, 0.1) is 0 Å². The van der Waals surface area contributed by atoms with E-state index in [9.17, 15) is 5.11 Å². The summed E-state index contributed by atoms with van der Waals surface area (Å²) in [5.41, 5.74) is 2.02. The van der Waals surface area contributed by atoms with Crippen molar-refractivity contribution in [1.29, 1.82) is 0 Å². The van der Waals surface area contributed by atoms with Gasteiger partial charge in [-0.25, -0.2) is 0 Å². The Hall–Kier alpha value is -0.470. The summed E-state index contributed by atoms with van der Waals surface area (Å²) in [6.07, 6.45) is 0.702. The molecule has 0 saturated heterocycles. The van der Waals surface area contributed by atoms with Crippen LogP contribution in [0.5, 0.6) is 5.75 Å². The number of halogens is 1. The van der Waals surface area contributed by atoms with E-state index in [1.807, 2.05) is 30.3 Å². The first kappa shape index (κ1) is 13.6. The monoisotopic (exact) mass is 242 g/mol. The summed E-state index contributed by atoms with van der Waals surface area (Å²) in [5.74, 6) is 0.295. The van der Waals surface area contributed by atoms with Gasteiger partial charge in [0.15, 0.2) is 0 Å². The van der Waals surface area contributed by atoms with Crippen molar-refractivity contribution >= 4 is 11.6 Å². The Morgan fingerprint density at radius 1 is 1.06 bits per heavy atom. The zero-order chi connectivity index (χ0) is 10.7. The quantitative estimate of drug-likeness (QED) is 0.771. The Morgan fingerprint density at radius 3 is 2.44 bits per heavy atom. The van der Waals surface area contributed by atoms with E-state index in [1.54, 1.807) is 18.2 Å². The standard InChI is InChI=1S/C13H11ClO.Na.H/c14-12-6-7-13(15)11(9-12)8-10-4-2-1-3-5-10;;/h1-7,9,15H,8H2;;/q;+1;-1. The van der Waals surface area contributed by atoms with Crippen LogP contribution in [0.1, 0.15) is 12.6 Å². The van der Waals surface area contributed by atoms with E-state index in [1.165, 1.54) is 0 Å². The Bertz CT molecular complexity index is 462. The smallest absolute Gasteiger partial charge is 1.00 e. The van der Waals surface area contributed by atoms with Crippen molar-refractivity contribution in [3.8, 4) is 5.75 Å². The van der Waals surface area contributed by atoms with Crippen LogP contribution >= 0.6 is 11.6 Å². The Labute approximate surface area is 124 Å². The topological polar surface area (TPSA) is 20.2 Å². The fraction of sp³-hybridized carbons (Fsp3) is 0.0769. The van der Waals surface area contributed by atoms with Crippen LogP contribution in [0.3, 0.4) is 0 Å². The second kappa shape index (κ2) is 6.31. The number of rotatable bonds is 2. The molecule has 0 aliphatic rings. The van der Waals surface area contributed by atoms with Gasteiger partial charge in [-0.15, -0.1) is 0 Å². The van der Waals surface area contributed by atoms with Crippen LogP contribution in [0.25, 0.3) is 0 Å². The maximum atomic E-state index is 9.64. The zero-order valence-corrected chi connectivity index (χ0v) is 11.9. The molecule has 0 aromatic heterocycles. The average Bonchev–Trinajstić information content (AvgIpc) is 2.25. The molecule has 0 radical (unpaired) electrons. The largest absolute Gasteiger partial charge is 1.00 e. The fourth-order valence-corrected chi connectivity index (χ4v) is 1.71. The van der Waals surface area contributed by atoms with E-state index in [-0.39, 0.29) is 31.0 Å². The van der Waals surface area contributed by atoms with Crippen molar-refractivity contribution < 1.29 is 36.1 Å². The minimum Gasteiger partial charge on any atom is -1.00 e. The van der Waals surface area contributed by atoms with Crippen LogP contribution < -0.4 is 29.6 Å². The van der Waals surface area contributed by atoms with Crippen LogP contribution in [0.15, 0.2) is 48.5 Å². The Kier molecular flexibility index (Phi) is 5.36. The molecule has 0 aliphatic heterocycles. The van der Waals surface area contributed by atoms with Gasteiger partial charge >= 0.3 is 29.6 Å². The molecule has 0 aliphatic carbocycles. The maximum Gasteiger partial charge on any atom is 1.00 e. The summed E-state index contributed by atoms with van der Waals surface area (Å²) in [4.78, 5) is 0. The SMILES string of the molecule is Oc1ccc(Cl)cc1Cc1ccccc1.[H-].[Na+]. The fourth-order valence-electron chi connectivity index (χ4n) is 1.51. The van der Waals surface area contributed by atoms with Gasteiger partial charge in [0.1, 0.15) is 5.75 Å². The van der Waals surface area contributed by atoms with Gasteiger partial charge in [0, 0.05) is 11.4 Å². The molecule has 16 heavy (non-hydrogen) atoms. The molecular formula is C13H12ClNaO. The van der Waals surface area contributed by atoms with Crippen LogP contribution in [-0.4, -0.2) is 5.11 Å². The summed E-state index contributed by atoms with van der Waals surface area (Å²) in [6.45, 7) is 0. The van der Waals surface area contributed by atoms with E-state index in [2.05, 4.69) is 0 Å². The van der Waals surface area contributed by atoms with Gasteiger partial charge in [0.25, 0.3) is 0 Å². The third kappa shape index (κ3) is 3.53. The Morgan fingerprint density at radius 2 is 1.75 bits per heavy atom. The van der Waals surface area contributed by atoms with Gasteiger partial charge in [-0.3, -0.25) is 0 Å². The molecule has 0 atom stereocenters. The van der Waals surface area contributed by atoms with E-state index in [0.29, 0.717) is 17.2 Å². The first-order valence-corrected chi connectivity index (χ1v) is 5.15. The predicted molar refractivity (Wildman–Crippen MR) is 63.5 cm³/mol. The average molecular weight is 243 g/mol. The van der Waals surface area contributed by atoms with Gasteiger partial charge in [-0.05, 0) is 29.3 Å². The van der Waals surface area contributed by atoms with Crippen LogP contribution in [-0.2, 0) is 6.42 Å². The molecule has 0 amide bonds. The van der Waals surface area contributed by atoms with E-state index in [0.717, 1.165) is 11.1 Å². The molecule has 0 unspecified atom stereocenters. The second-order valence-corrected chi connectivity index (χ2v) is 3.87. The third-order valence-corrected chi connectivity index (χ3v) is 2.51. The van der Waals surface area contributed by atoms with Crippen molar-refractivity contribution in [3.05, 3.63) is 64.7 Å². The molecule has 2 aromatic rings. The number of phenolic OH excluding ortho intramolecular Hbond substituents is 1. The Balaban J connectivity index is 0.00000128. The molecular weight excluding hydrogens is 231 g/mol. The van der Waals surface area contributed by atoms with E-state index >= 15 is 0 Å². The van der Waals surface area contributed by atoms with Gasteiger partial charge in [-0.1, -0.05) is 41.9 Å². The molecule has 3 heteroatoms. The van der Waals surface area contributed by atoms with Crippen LogP contribution in [0, 0.1) is 0 Å². The summed E-state index contributed by atoms with van der Waals surface area (Å²) in [7, 11) is 0. The van der Waals surface area contributed by atoms with Gasteiger partial charge < -0.3 is 6.53 Å². The first-order chi connectivity index (χ1) is 7.25. The van der Waals surface area contributed by atoms with Crippen molar-refractivity contribution in [2.45, 2.75) is 6.42 Å². The molecule has 0 spiro atoms. The molecule has 0 saturated carbocycles. The van der Waals surface area contributed by atoms with Crippen LogP contribution in [0.4, 0.5) is 0 Å². The zero-order valence-electron chi connectivity index (χ0n) is 10.2. The van der Waals surface area contributed by atoms with Crippen LogP contribution in [0.2, 0.25) is 5.02 Å². The molecule has 2 aromatic carbocycles. The minimum absolute atomic E-state index is 0. The second-order valence-electron chi connectivity index (χ2n) is 3.44. The van der Waals surface area contributed by atoms with E-state index in [4.69, 9.17) is 11.6 Å². The number of aromatic hydroxyl groups is 1. The maximum absolute atomic E-state index is 9.64. The normalized spacial score (nSPS) is 9.56. The molecule has 0 heterocycles. The summed E-state index contributed by atoms with van der Waals surface area (Å²) in [5, 5.41) is 10.3. The van der Waals surface area contributed by atoms with Gasteiger partial charge in [-0.2, -0.15) is 0 Å². The molecule has 1 N–H and O–H groups in total. The van der Waals surface area contributed by atoms with Crippen molar-refractivity contribution in [2.24, 2.45) is 0 Å². The predicted octanol–water partition coefficient (Wildman–Crippen LogP) is 0.753. The third-order valence-electron chi connectivity index (χ3n) is 2.28. The summed E-state index contributed by atoms with van der Waals surface area (Å²) >= 11 is 5.87. The molecule has 2 rings (SSSR count). The summed E-state index contributed by atoms with van der Waals surface area (Å²) < 4.78 is 0. The molecule has 78 valence electrons.